The van der Waals surface area contributed by atoms with Crippen molar-refractivity contribution in [1.29, 1.82) is 0 Å². The van der Waals surface area contributed by atoms with E-state index < -0.39 is 54.0 Å². The van der Waals surface area contributed by atoms with Crippen LogP contribution < -0.4 is 44.6 Å². The van der Waals surface area contributed by atoms with Crippen molar-refractivity contribution in [2.75, 3.05) is 19.6 Å². The number of rotatable bonds is 20. The fourth-order valence-electron chi connectivity index (χ4n) is 3.36. The van der Waals surface area contributed by atoms with E-state index >= 15 is 0 Å². The third kappa shape index (κ3) is 15.0. The number of aliphatic hydroxyl groups is 1. The Balaban J connectivity index is 5.47. The number of carbonyl (C=O) groups is 4. The lowest BCUT2D eigenvalue weighted by Crippen LogP contribution is -2.59. The monoisotopic (exact) mass is 531 g/mol. The maximum atomic E-state index is 13.0. The first-order valence-electron chi connectivity index (χ1n) is 12.5. The van der Waals surface area contributed by atoms with Crippen molar-refractivity contribution < 1.29 is 29.4 Å². The molecule has 15 nitrogen and oxygen atoms in total. The van der Waals surface area contributed by atoms with Crippen LogP contribution in [0.5, 0.6) is 0 Å². The highest BCUT2D eigenvalue weighted by Crippen LogP contribution is 2.06. The minimum Gasteiger partial charge on any atom is -0.480 e. The Hall–Kier alpha value is -3.01. The fraction of sp³-hybridized carbons (Fsp3) is 0.773. The summed E-state index contributed by atoms with van der Waals surface area (Å²) in [5.74, 6) is -3.59. The number of hydrogen-bond acceptors (Lipinski definition) is 9. The highest BCUT2D eigenvalue weighted by Gasteiger charge is 2.32. The number of carbonyl (C=O) groups excluding carboxylic acids is 3. The van der Waals surface area contributed by atoms with Gasteiger partial charge in [0.2, 0.25) is 17.7 Å². The number of aliphatic hydroxyl groups excluding tert-OH is 1. The molecule has 15 N–H and O–H groups in total. The molecule has 0 saturated heterocycles. The van der Waals surface area contributed by atoms with Crippen LogP contribution in [0.1, 0.15) is 58.3 Å². The van der Waals surface area contributed by atoms with Crippen molar-refractivity contribution in [3.8, 4) is 0 Å². The molecule has 37 heavy (non-hydrogen) atoms. The summed E-state index contributed by atoms with van der Waals surface area (Å²) < 4.78 is 0. The molecule has 15 heteroatoms. The average Bonchev–Trinajstić information content (AvgIpc) is 2.82. The molecule has 0 aliphatic heterocycles. The van der Waals surface area contributed by atoms with Crippen LogP contribution in [0.15, 0.2) is 4.99 Å². The van der Waals surface area contributed by atoms with Crippen molar-refractivity contribution in [2.45, 2.75) is 88.6 Å². The van der Waals surface area contributed by atoms with Crippen LogP contribution in [0.4, 0.5) is 0 Å². The summed E-state index contributed by atoms with van der Waals surface area (Å²) in [5.41, 5.74) is 27.4. The number of amides is 3. The Morgan fingerprint density at radius 2 is 1.32 bits per heavy atom. The zero-order valence-corrected chi connectivity index (χ0v) is 21.5. The summed E-state index contributed by atoms with van der Waals surface area (Å²) >= 11 is 0. The first kappa shape index (κ1) is 34.0. The second-order valence-corrected chi connectivity index (χ2v) is 8.81. The van der Waals surface area contributed by atoms with Gasteiger partial charge in [-0.25, -0.2) is 4.79 Å². The minimum atomic E-state index is -1.40. The predicted molar refractivity (Wildman–Crippen MR) is 139 cm³/mol. The minimum absolute atomic E-state index is 0.0581. The Morgan fingerprint density at radius 3 is 1.84 bits per heavy atom. The largest absolute Gasteiger partial charge is 0.480 e. The van der Waals surface area contributed by atoms with Gasteiger partial charge in [0.1, 0.15) is 18.1 Å². The first-order valence-corrected chi connectivity index (χ1v) is 12.5. The quantitative estimate of drug-likeness (QED) is 0.0418. The van der Waals surface area contributed by atoms with Gasteiger partial charge in [-0.2, -0.15) is 0 Å². The van der Waals surface area contributed by atoms with E-state index in [0.717, 1.165) is 0 Å². The topological polar surface area (TPSA) is 287 Å². The fourth-order valence-corrected chi connectivity index (χ4v) is 3.36. The average molecular weight is 532 g/mol. The van der Waals surface area contributed by atoms with Crippen LogP contribution in [0, 0.1) is 0 Å². The van der Waals surface area contributed by atoms with Crippen molar-refractivity contribution in [3.63, 3.8) is 0 Å². The maximum Gasteiger partial charge on any atom is 0.326 e. The lowest BCUT2D eigenvalue weighted by molar-refractivity contribution is -0.142. The number of nitrogens with zero attached hydrogens (tertiary/aromatic N) is 1. The molecule has 0 rings (SSSR count). The predicted octanol–water partition coefficient (Wildman–Crippen LogP) is -3.45. The third-order valence-electron chi connectivity index (χ3n) is 5.51. The molecule has 3 amide bonds. The van der Waals surface area contributed by atoms with E-state index in [4.69, 9.17) is 28.7 Å². The Kier molecular flexibility index (Phi) is 17.6. The van der Waals surface area contributed by atoms with E-state index in [1.165, 1.54) is 6.92 Å². The molecule has 0 spiro atoms. The number of carboxylic acids is 1. The van der Waals surface area contributed by atoms with E-state index in [1.54, 1.807) is 0 Å². The SMILES string of the molecule is CC(O)C(NC(=O)C(N)CCCCN)C(=O)NC(CCCN=C(N)N)C(=O)NC(CCCCN)C(=O)O. The van der Waals surface area contributed by atoms with Gasteiger partial charge in [-0.05, 0) is 65.0 Å². The first-order chi connectivity index (χ1) is 17.4. The van der Waals surface area contributed by atoms with E-state index in [0.29, 0.717) is 45.2 Å². The lowest BCUT2D eigenvalue weighted by atomic mass is 10.0. The van der Waals surface area contributed by atoms with E-state index in [1.807, 2.05) is 0 Å². The lowest BCUT2D eigenvalue weighted by Gasteiger charge is -2.26. The van der Waals surface area contributed by atoms with Gasteiger partial charge in [-0.3, -0.25) is 19.4 Å². The van der Waals surface area contributed by atoms with Gasteiger partial charge in [0, 0.05) is 6.54 Å². The van der Waals surface area contributed by atoms with E-state index in [9.17, 15) is 29.4 Å². The summed E-state index contributed by atoms with van der Waals surface area (Å²) in [7, 11) is 0. The number of hydrogen-bond donors (Lipinski definition) is 10. The van der Waals surface area contributed by atoms with Crippen molar-refractivity contribution >= 4 is 29.7 Å². The number of nitrogens with one attached hydrogen (secondary N) is 3. The van der Waals surface area contributed by atoms with Crippen molar-refractivity contribution in [1.82, 2.24) is 16.0 Å². The number of carboxylic acid groups (broad SMARTS) is 1. The molecule has 0 fully saturated rings. The van der Waals surface area contributed by atoms with Gasteiger partial charge in [0.15, 0.2) is 5.96 Å². The number of nitrogens with two attached hydrogens (primary N) is 5. The van der Waals surface area contributed by atoms with Crippen LogP contribution in [0.25, 0.3) is 0 Å². The summed E-state index contributed by atoms with van der Waals surface area (Å²) in [6.45, 7) is 2.30. The molecular formula is C22H45N9O6. The zero-order valence-electron chi connectivity index (χ0n) is 21.5. The molecule has 0 aliphatic rings. The molecule has 0 aliphatic carbocycles. The van der Waals surface area contributed by atoms with E-state index in [-0.39, 0.29) is 31.8 Å². The van der Waals surface area contributed by atoms with Crippen molar-refractivity contribution in [3.05, 3.63) is 0 Å². The Bertz CT molecular complexity index is 746. The number of guanidine groups is 1. The summed E-state index contributed by atoms with van der Waals surface area (Å²) in [6.07, 6.45) is 1.89. The molecule has 5 unspecified atom stereocenters. The standard InChI is InChI=1S/C22H45N9O6/c1-13(32)17(31-18(33)14(25)7-2-4-10-23)20(35)29-15(9-6-12-28-22(26)27)19(34)30-16(21(36)37)8-3-5-11-24/h13-17,32H,2-12,23-25H2,1H3,(H,29,35)(H,30,34)(H,31,33)(H,36,37)(H4,26,27,28). The molecule has 0 bridgehead atoms. The van der Waals surface area contributed by atoms with Crippen LogP contribution >= 0.6 is 0 Å². The normalized spacial score (nSPS) is 14.9. The number of aliphatic imine (C=N–C) groups is 1. The highest BCUT2D eigenvalue weighted by molar-refractivity contribution is 5.94. The van der Waals surface area contributed by atoms with Gasteiger partial charge in [-0.15, -0.1) is 0 Å². The molecule has 5 atom stereocenters. The van der Waals surface area contributed by atoms with Crippen LogP contribution in [-0.4, -0.2) is 89.8 Å². The maximum absolute atomic E-state index is 13.0. The number of unbranched alkanes of at least 4 members (excludes halogenated alkanes) is 2. The Labute approximate surface area is 217 Å². The van der Waals surface area contributed by atoms with Gasteiger partial charge in [0.05, 0.1) is 12.1 Å². The third-order valence-corrected chi connectivity index (χ3v) is 5.51. The van der Waals surface area contributed by atoms with Gasteiger partial charge in [-0.1, -0.05) is 6.42 Å². The van der Waals surface area contributed by atoms with E-state index in [2.05, 4.69) is 20.9 Å². The summed E-state index contributed by atoms with van der Waals surface area (Å²) in [4.78, 5) is 53.8. The smallest absolute Gasteiger partial charge is 0.326 e. The van der Waals surface area contributed by atoms with Gasteiger partial charge in [0.25, 0.3) is 0 Å². The molecule has 214 valence electrons. The van der Waals surface area contributed by atoms with Crippen LogP contribution in [0.3, 0.4) is 0 Å². The second-order valence-electron chi connectivity index (χ2n) is 8.81. The number of aliphatic carboxylic acids is 1. The van der Waals surface area contributed by atoms with Gasteiger partial charge >= 0.3 is 5.97 Å². The highest BCUT2D eigenvalue weighted by atomic mass is 16.4. The second kappa shape index (κ2) is 19.1. The summed E-state index contributed by atoms with van der Waals surface area (Å²) in [5, 5.41) is 26.9. The van der Waals surface area contributed by atoms with Crippen molar-refractivity contribution in [2.24, 2.45) is 33.7 Å². The molecule has 0 radical (unpaired) electrons. The summed E-state index contributed by atoms with van der Waals surface area (Å²) in [6, 6.07) is -4.69. The molecule has 0 saturated carbocycles. The van der Waals surface area contributed by atoms with Crippen LogP contribution in [-0.2, 0) is 19.2 Å². The van der Waals surface area contributed by atoms with Gasteiger partial charge < -0.3 is 54.8 Å². The molecular weight excluding hydrogens is 486 g/mol. The zero-order chi connectivity index (χ0) is 28.4. The molecule has 0 aromatic carbocycles. The molecule has 0 aromatic rings. The Morgan fingerprint density at radius 1 is 0.784 bits per heavy atom. The van der Waals surface area contributed by atoms with Crippen LogP contribution in [0.2, 0.25) is 0 Å². The molecule has 0 aromatic heterocycles. The molecule has 0 heterocycles.